The van der Waals surface area contributed by atoms with Gasteiger partial charge in [-0.05, 0) is 42.0 Å². The molecule has 0 aliphatic carbocycles. The van der Waals surface area contributed by atoms with Crippen molar-refractivity contribution in [3.63, 3.8) is 0 Å². The second-order valence-electron chi connectivity index (χ2n) is 6.36. The summed E-state index contributed by atoms with van der Waals surface area (Å²) in [5.41, 5.74) is 2.72. The van der Waals surface area contributed by atoms with Gasteiger partial charge in [0.2, 0.25) is 0 Å². The van der Waals surface area contributed by atoms with Gasteiger partial charge in [0, 0.05) is 35.4 Å². The van der Waals surface area contributed by atoms with E-state index in [1.54, 1.807) is 16.9 Å². The zero-order chi connectivity index (χ0) is 18.2. The Labute approximate surface area is 155 Å². The van der Waals surface area contributed by atoms with Gasteiger partial charge in [0.1, 0.15) is 5.82 Å². The summed E-state index contributed by atoms with van der Waals surface area (Å²) in [6.07, 6.45) is 3.48. The Balaban J connectivity index is 1.60. The van der Waals surface area contributed by atoms with Gasteiger partial charge in [-0.3, -0.25) is 4.98 Å². The number of hydrogen-bond donors (Lipinski definition) is 1. The number of nitrogens with zero attached hydrogens (tertiary/aromatic N) is 5. The summed E-state index contributed by atoms with van der Waals surface area (Å²) in [6, 6.07) is 20.3. The highest BCUT2D eigenvalue weighted by Gasteiger charge is 2.12. The predicted octanol–water partition coefficient (Wildman–Crippen LogP) is 4.39. The molecule has 1 N–H and O–H groups in total. The number of nitrogens with one attached hydrogen (secondary N) is 1. The van der Waals surface area contributed by atoms with E-state index in [1.807, 2.05) is 37.3 Å². The molecule has 2 aromatic carbocycles. The van der Waals surface area contributed by atoms with E-state index < -0.39 is 0 Å². The molecule has 6 nitrogen and oxygen atoms in total. The summed E-state index contributed by atoms with van der Waals surface area (Å²) in [4.78, 5) is 13.2. The van der Waals surface area contributed by atoms with Crippen LogP contribution in [0.25, 0.3) is 27.9 Å². The summed E-state index contributed by atoms with van der Waals surface area (Å²) in [5, 5.41) is 10.5. The van der Waals surface area contributed by atoms with E-state index in [4.69, 9.17) is 0 Å². The van der Waals surface area contributed by atoms with Crippen LogP contribution in [-0.2, 0) is 0 Å². The molecule has 3 aromatic heterocycles. The Morgan fingerprint density at radius 1 is 0.889 bits per heavy atom. The maximum atomic E-state index is 4.62. The molecule has 0 saturated heterocycles. The van der Waals surface area contributed by atoms with E-state index in [0.29, 0.717) is 11.6 Å². The molecule has 6 heteroatoms. The van der Waals surface area contributed by atoms with E-state index in [9.17, 15) is 0 Å². The highest BCUT2D eigenvalue weighted by molar-refractivity contribution is 5.86. The number of aromatic nitrogens is 5. The quantitative estimate of drug-likeness (QED) is 0.521. The molecule has 130 valence electrons. The summed E-state index contributed by atoms with van der Waals surface area (Å²) in [7, 11) is 0. The van der Waals surface area contributed by atoms with Crippen LogP contribution < -0.4 is 5.32 Å². The normalized spacial score (nSPS) is 11.1. The first-order valence-electron chi connectivity index (χ1n) is 8.67. The van der Waals surface area contributed by atoms with Crippen LogP contribution in [0.15, 0.2) is 73.1 Å². The van der Waals surface area contributed by atoms with Crippen LogP contribution in [0, 0.1) is 6.92 Å². The maximum Gasteiger partial charge on any atom is 0.254 e. The minimum absolute atomic E-state index is 0.553. The first-order chi connectivity index (χ1) is 13.3. The Hall–Kier alpha value is -3.80. The van der Waals surface area contributed by atoms with Crippen LogP contribution in [-0.4, -0.2) is 24.6 Å². The molecule has 0 aliphatic rings. The van der Waals surface area contributed by atoms with Gasteiger partial charge in [-0.2, -0.15) is 9.50 Å². The van der Waals surface area contributed by atoms with E-state index in [2.05, 4.69) is 55.7 Å². The third-order valence-corrected chi connectivity index (χ3v) is 4.38. The van der Waals surface area contributed by atoms with Crippen LogP contribution >= 0.6 is 0 Å². The Morgan fingerprint density at radius 3 is 2.63 bits per heavy atom. The van der Waals surface area contributed by atoms with Gasteiger partial charge in [-0.1, -0.05) is 30.3 Å². The number of pyridine rings is 1. The van der Waals surface area contributed by atoms with Crippen molar-refractivity contribution in [2.45, 2.75) is 6.92 Å². The summed E-state index contributed by atoms with van der Waals surface area (Å²) >= 11 is 0. The van der Waals surface area contributed by atoms with E-state index >= 15 is 0 Å². The van der Waals surface area contributed by atoms with Gasteiger partial charge >= 0.3 is 0 Å². The first-order valence-corrected chi connectivity index (χ1v) is 8.67. The van der Waals surface area contributed by atoms with Gasteiger partial charge in [0.25, 0.3) is 5.78 Å². The summed E-state index contributed by atoms with van der Waals surface area (Å²) in [5.74, 6) is 1.97. The lowest BCUT2D eigenvalue weighted by Crippen LogP contribution is -2.02. The van der Waals surface area contributed by atoms with Crippen LogP contribution in [0.5, 0.6) is 0 Å². The van der Waals surface area contributed by atoms with Crippen LogP contribution in [0.3, 0.4) is 0 Å². The summed E-state index contributed by atoms with van der Waals surface area (Å²) < 4.78 is 1.73. The highest BCUT2D eigenvalue weighted by Crippen LogP contribution is 2.24. The lowest BCUT2D eigenvalue weighted by molar-refractivity contribution is 0.940. The van der Waals surface area contributed by atoms with Crippen molar-refractivity contribution in [1.29, 1.82) is 0 Å². The fraction of sp³-hybridized carbons (Fsp3) is 0.0476. The zero-order valence-electron chi connectivity index (χ0n) is 14.7. The van der Waals surface area contributed by atoms with Gasteiger partial charge in [-0.15, -0.1) is 5.10 Å². The lowest BCUT2D eigenvalue weighted by Gasteiger charge is -2.09. The zero-order valence-corrected chi connectivity index (χ0v) is 14.7. The number of anilines is 2. The number of hydrogen-bond acceptors (Lipinski definition) is 5. The van der Waals surface area contributed by atoms with Gasteiger partial charge < -0.3 is 5.32 Å². The van der Waals surface area contributed by atoms with Gasteiger partial charge in [0.15, 0.2) is 5.82 Å². The topological polar surface area (TPSA) is 68.0 Å². The molecule has 5 rings (SSSR count). The van der Waals surface area contributed by atoms with Crippen molar-refractivity contribution < 1.29 is 0 Å². The second-order valence-corrected chi connectivity index (χ2v) is 6.36. The molecule has 0 bridgehead atoms. The number of rotatable bonds is 3. The van der Waals surface area contributed by atoms with Crippen molar-refractivity contribution >= 4 is 28.1 Å². The molecule has 5 aromatic rings. The fourth-order valence-corrected chi connectivity index (χ4v) is 3.11. The number of fused-ring (bicyclic) bond motifs is 2. The predicted molar refractivity (Wildman–Crippen MR) is 106 cm³/mol. The number of aryl methyl sites for hydroxylation is 1. The van der Waals surface area contributed by atoms with Gasteiger partial charge in [-0.25, -0.2) is 4.98 Å². The molecule has 0 spiro atoms. The van der Waals surface area contributed by atoms with Crippen molar-refractivity contribution in [2.24, 2.45) is 0 Å². The highest BCUT2D eigenvalue weighted by atomic mass is 15.4. The van der Waals surface area contributed by atoms with Gasteiger partial charge in [0.05, 0.1) is 0 Å². The second kappa shape index (κ2) is 6.17. The third-order valence-electron chi connectivity index (χ3n) is 4.38. The largest absolute Gasteiger partial charge is 0.340 e. The minimum Gasteiger partial charge on any atom is -0.340 e. The van der Waals surface area contributed by atoms with Crippen LogP contribution in [0.1, 0.15) is 5.69 Å². The standard InChI is InChI=1S/C21H16N6/c1-14-11-19(24-18-9-8-15-5-2-3-6-16(15)12-18)27-21(23-14)25-20(26-27)17-7-4-10-22-13-17/h2-13,24H,1H3. The Morgan fingerprint density at radius 2 is 1.78 bits per heavy atom. The molecular weight excluding hydrogens is 336 g/mol. The van der Waals surface area contributed by atoms with E-state index in [-0.39, 0.29) is 0 Å². The van der Waals surface area contributed by atoms with Crippen LogP contribution in [0.4, 0.5) is 11.5 Å². The molecule has 0 saturated carbocycles. The average molecular weight is 352 g/mol. The monoisotopic (exact) mass is 352 g/mol. The molecule has 0 radical (unpaired) electrons. The SMILES string of the molecule is Cc1cc(Nc2ccc3ccccc3c2)n2nc(-c3cccnc3)nc2n1. The molecule has 0 atom stereocenters. The first kappa shape index (κ1) is 15.5. The smallest absolute Gasteiger partial charge is 0.254 e. The molecule has 0 aliphatic heterocycles. The number of benzene rings is 2. The van der Waals surface area contributed by atoms with Crippen molar-refractivity contribution in [3.8, 4) is 11.4 Å². The van der Waals surface area contributed by atoms with Crippen molar-refractivity contribution in [2.75, 3.05) is 5.32 Å². The summed E-state index contributed by atoms with van der Waals surface area (Å²) in [6.45, 7) is 1.95. The lowest BCUT2D eigenvalue weighted by atomic mass is 10.1. The minimum atomic E-state index is 0.553. The van der Waals surface area contributed by atoms with Crippen molar-refractivity contribution in [3.05, 3.63) is 78.8 Å². The van der Waals surface area contributed by atoms with Crippen molar-refractivity contribution in [1.82, 2.24) is 24.6 Å². The Kier molecular flexibility index (Phi) is 3.53. The average Bonchev–Trinajstić information content (AvgIpc) is 3.13. The maximum absolute atomic E-state index is 4.62. The fourth-order valence-electron chi connectivity index (χ4n) is 3.11. The van der Waals surface area contributed by atoms with E-state index in [1.165, 1.54) is 10.8 Å². The molecular formula is C21H16N6. The Bertz CT molecular complexity index is 1260. The molecule has 0 unspecified atom stereocenters. The molecule has 27 heavy (non-hydrogen) atoms. The molecule has 0 amide bonds. The molecule has 3 heterocycles. The third kappa shape index (κ3) is 2.87. The van der Waals surface area contributed by atoms with Crippen LogP contribution in [0.2, 0.25) is 0 Å². The molecule has 0 fully saturated rings. The van der Waals surface area contributed by atoms with E-state index in [0.717, 1.165) is 22.8 Å².